The second-order valence-electron chi connectivity index (χ2n) is 10.4. The zero-order chi connectivity index (χ0) is 30.9. The minimum Gasteiger partial charge on any atom is -0.384 e. The molecule has 9 nitrogen and oxygen atoms in total. The number of nitrogens with two attached hydrogens (primary N) is 3. The Balaban J connectivity index is 0.00000301. The summed E-state index contributed by atoms with van der Waals surface area (Å²) >= 11 is 13.8. The first-order chi connectivity index (χ1) is 20.3. The van der Waals surface area contributed by atoms with E-state index in [9.17, 15) is 0 Å². The average molecular weight is 639 g/mol. The Labute approximate surface area is 267 Å². The molecule has 2 aliphatic heterocycles. The summed E-state index contributed by atoms with van der Waals surface area (Å²) in [5.74, 6) is 0.144. The van der Waals surface area contributed by atoms with E-state index in [1.165, 1.54) is 18.4 Å². The van der Waals surface area contributed by atoms with Gasteiger partial charge in [0, 0.05) is 68.5 Å². The third kappa shape index (κ3) is 12.0. The first-order valence-corrected chi connectivity index (χ1v) is 16.3. The molecule has 0 saturated carbocycles. The van der Waals surface area contributed by atoms with Crippen LogP contribution < -0.4 is 26.6 Å². The van der Waals surface area contributed by atoms with E-state index in [0.717, 1.165) is 75.0 Å². The fraction of sp³-hybridized carbons (Fsp3) is 0.567. The van der Waals surface area contributed by atoms with Gasteiger partial charge in [-0.15, -0.1) is 12.8 Å². The fourth-order valence-corrected chi connectivity index (χ4v) is 6.16. The molecule has 2 heterocycles. The maximum atomic E-state index is 6.70. The van der Waals surface area contributed by atoms with E-state index in [1.807, 2.05) is 18.2 Å². The molecular weight excluding hydrogens is 589 g/mol. The van der Waals surface area contributed by atoms with Crippen LogP contribution in [-0.2, 0) is 6.54 Å². The highest BCUT2D eigenvalue weighted by Gasteiger charge is 2.33. The van der Waals surface area contributed by atoms with Gasteiger partial charge < -0.3 is 16.8 Å². The van der Waals surface area contributed by atoms with Crippen molar-refractivity contribution >= 4 is 40.5 Å². The number of aliphatic imine (C=N–C) groups is 1. The summed E-state index contributed by atoms with van der Waals surface area (Å²) in [5.41, 5.74) is 14.6. The van der Waals surface area contributed by atoms with Gasteiger partial charge in [0.2, 0.25) is 0 Å². The van der Waals surface area contributed by atoms with Crippen molar-refractivity contribution in [3.05, 3.63) is 58.1 Å². The van der Waals surface area contributed by atoms with Crippen molar-refractivity contribution in [3.63, 3.8) is 0 Å². The predicted molar refractivity (Wildman–Crippen MR) is 182 cm³/mol. The summed E-state index contributed by atoms with van der Waals surface area (Å²) in [6, 6.07) is 9.36. The van der Waals surface area contributed by atoms with Crippen LogP contribution in [0.25, 0.3) is 0 Å². The molecule has 1 unspecified atom stereocenters. The van der Waals surface area contributed by atoms with Crippen molar-refractivity contribution in [2.24, 2.45) is 21.6 Å². The van der Waals surface area contributed by atoms with Gasteiger partial charge in [0.25, 0.3) is 0 Å². The van der Waals surface area contributed by atoms with Crippen LogP contribution in [0.5, 0.6) is 0 Å². The van der Waals surface area contributed by atoms with Crippen molar-refractivity contribution in [2.75, 3.05) is 52.4 Å². The van der Waals surface area contributed by atoms with Gasteiger partial charge in [-0.1, -0.05) is 55.3 Å². The van der Waals surface area contributed by atoms with Crippen LogP contribution in [0.2, 0.25) is 5.02 Å². The smallest absolute Gasteiger partial charge is 0.127 e. The van der Waals surface area contributed by atoms with Crippen LogP contribution in [-0.4, -0.2) is 84.3 Å². The van der Waals surface area contributed by atoms with Gasteiger partial charge in [0.05, 0.1) is 12.2 Å². The zero-order valence-corrected chi connectivity index (χ0v) is 27.4. The van der Waals surface area contributed by atoms with Gasteiger partial charge in [0.15, 0.2) is 0 Å². The Morgan fingerprint density at radius 2 is 1.76 bits per heavy atom. The summed E-state index contributed by atoms with van der Waals surface area (Å²) in [4.78, 5) is 12.4. The molecule has 234 valence electrons. The molecule has 3 rings (SSSR count). The van der Waals surface area contributed by atoms with E-state index in [0.29, 0.717) is 42.6 Å². The van der Waals surface area contributed by atoms with Gasteiger partial charge in [-0.05, 0) is 56.5 Å². The number of terminal acetylenes is 1. The number of rotatable bonds is 14. The lowest BCUT2D eigenvalue weighted by Gasteiger charge is -2.47. The Morgan fingerprint density at radius 3 is 2.36 bits per heavy atom. The number of benzene rings is 1. The highest BCUT2D eigenvalue weighted by molar-refractivity contribution is 7.95. The van der Waals surface area contributed by atoms with Crippen LogP contribution >= 0.6 is 35.3 Å². The van der Waals surface area contributed by atoms with Gasteiger partial charge in [-0.25, -0.2) is 9.71 Å². The topological polar surface area (TPSA) is 124 Å². The maximum Gasteiger partial charge on any atom is 0.127 e. The number of piperazine rings is 1. The number of piperidine rings is 1. The molecule has 2 aliphatic rings. The standard InChI is InChI=1S/C28H47Cl2N9S.C2H2/c1-3-5-25(34-12-13-35-40-33)27(28(31)32)36-26(30)20-38-16-17-39(23(4-2)19-38)24-10-14-37(15-11-24)18-21-6-8-22(29)9-7-21;1-2/h5-9,23-24,34-35H,3-4,10-20,31-33H2,1-2H3;1-2H/b25-5-,36-26?;. The van der Waals surface area contributed by atoms with E-state index in [-0.39, 0.29) is 5.82 Å². The summed E-state index contributed by atoms with van der Waals surface area (Å²) in [7, 11) is 0. The normalized spacial score (nSPS) is 19.6. The van der Waals surface area contributed by atoms with Crippen molar-refractivity contribution in [2.45, 2.75) is 58.2 Å². The third-order valence-corrected chi connectivity index (χ3v) is 8.41. The number of hydrogen-bond donors (Lipinski definition) is 5. The number of likely N-dealkylation sites (tertiary alicyclic amines) is 1. The number of hydrogen-bond acceptors (Lipinski definition) is 10. The van der Waals surface area contributed by atoms with Crippen LogP contribution in [0.1, 0.15) is 45.1 Å². The molecule has 0 bridgehead atoms. The quantitative estimate of drug-likeness (QED) is 0.0683. The Kier molecular flexibility index (Phi) is 17.3. The van der Waals surface area contributed by atoms with Crippen molar-refractivity contribution in [1.29, 1.82) is 0 Å². The molecule has 42 heavy (non-hydrogen) atoms. The second kappa shape index (κ2) is 20.1. The Morgan fingerprint density at radius 1 is 1.07 bits per heavy atom. The third-order valence-electron chi connectivity index (χ3n) is 7.58. The van der Waals surface area contributed by atoms with Crippen molar-refractivity contribution < 1.29 is 0 Å². The van der Waals surface area contributed by atoms with E-state index >= 15 is 0 Å². The fourth-order valence-electron chi connectivity index (χ4n) is 5.56. The van der Waals surface area contributed by atoms with Gasteiger partial charge >= 0.3 is 0 Å². The molecule has 0 amide bonds. The van der Waals surface area contributed by atoms with E-state index in [1.54, 1.807) is 0 Å². The lowest BCUT2D eigenvalue weighted by atomic mass is 9.98. The molecule has 0 spiro atoms. The lowest BCUT2D eigenvalue weighted by Crippen LogP contribution is -2.58. The van der Waals surface area contributed by atoms with E-state index < -0.39 is 0 Å². The predicted octanol–water partition coefficient (Wildman–Crippen LogP) is 3.67. The van der Waals surface area contributed by atoms with Gasteiger partial charge in [-0.3, -0.25) is 19.8 Å². The second-order valence-corrected chi connectivity index (χ2v) is 11.8. The average Bonchev–Trinajstić information content (AvgIpc) is 3.00. The van der Waals surface area contributed by atoms with Crippen LogP contribution in [0.3, 0.4) is 0 Å². The summed E-state index contributed by atoms with van der Waals surface area (Å²) < 4.78 is 3.01. The minimum atomic E-state index is 0.144. The Hall–Kier alpha value is -1.94. The number of allylic oxidation sites excluding steroid dienone is 1. The lowest BCUT2D eigenvalue weighted by molar-refractivity contribution is 0.0174. The summed E-state index contributed by atoms with van der Waals surface area (Å²) in [5, 5.41) is 10.1. The van der Waals surface area contributed by atoms with Crippen molar-refractivity contribution in [1.82, 2.24) is 24.7 Å². The molecule has 8 N–H and O–H groups in total. The summed E-state index contributed by atoms with van der Waals surface area (Å²) in [6.45, 7) is 12.5. The number of nitrogens with one attached hydrogen (secondary N) is 2. The molecular formula is C30H49Cl2N9S. The molecule has 0 aromatic heterocycles. The van der Waals surface area contributed by atoms with E-state index in [4.69, 9.17) is 39.8 Å². The van der Waals surface area contributed by atoms with Crippen LogP contribution in [0.4, 0.5) is 0 Å². The first-order valence-electron chi connectivity index (χ1n) is 14.6. The van der Waals surface area contributed by atoms with Crippen LogP contribution in [0.15, 0.2) is 52.5 Å². The highest BCUT2D eigenvalue weighted by atomic mass is 35.5. The molecule has 12 heteroatoms. The molecule has 0 radical (unpaired) electrons. The summed E-state index contributed by atoms with van der Waals surface area (Å²) in [6.07, 6.45) is 14.3. The highest BCUT2D eigenvalue weighted by Crippen LogP contribution is 2.25. The molecule has 1 aromatic rings. The van der Waals surface area contributed by atoms with E-state index in [2.05, 4.69) is 68.6 Å². The van der Waals surface area contributed by atoms with Gasteiger partial charge in [-0.2, -0.15) is 0 Å². The number of nitrogens with zero attached hydrogens (tertiary/aromatic N) is 4. The van der Waals surface area contributed by atoms with Crippen LogP contribution in [0, 0.1) is 12.8 Å². The largest absolute Gasteiger partial charge is 0.384 e. The maximum absolute atomic E-state index is 6.70. The molecule has 0 aliphatic carbocycles. The van der Waals surface area contributed by atoms with Crippen molar-refractivity contribution in [3.8, 4) is 12.8 Å². The monoisotopic (exact) mass is 637 g/mol. The molecule has 1 aromatic carbocycles. The number of halogens is 2. The van der Waals surface area contributed by atoms with Gasteiger partial charge in [0.1, 0.15) is 16.7 Å². The minimum absolute atomic E-state index is 0.144. The molecule has 2 fully saturated rings. The Bertz CT molecular complexity index is 1030. The molecule has 2 saturated heterocycles. The SMILES string of the molecule is C#C.CC/C=C(\NCCNSN)C(N=C(Cl)CN1CCN(C2CCN(Cc3ccc(Cl)cc3)CC2)C(CC)C1)=C(N)N. The molecule has 1 atom stereocenters. The first kappa shape index (κ1) is 36.3. The zero-order valence-electron chi connectivity index (χ0n) is 25.1.